The number of ether oxygens (including phenoxy) is 3. The smallest absolute Gasteiger partial charge is 0.259 e. The third kappa shape index (κ3) is 2.69. The van der Waals surface area contributed by atoms with Gasteiger partial charge in [-0.3, -0.25) is 4.79 Å². The topological polar surface area (TPSA) is 99.5 Å². The SMILES string of the molecule is COc1cc(-c2nc(-c3ccc[nH]c3=O)no2)cc(OC)c1OC. The minimum absolute atomic E-state index is 0.195. The Bertz CT molecular complexity index is 891. The van der Waals surface area contributed by atoms with E-state index < -0.39 is 0 Å². The van der Waals surface area contributed by atoms with E-state index in [1.165, 1.54) is 27.5 Å². The molecule has 1 N–H and O–H groups in total. The van der Waals surface area contributed by atoms with Gasteiger partial charge in [0.1, 0.15) is 0 Å². The second-order valence-corrected chi connectivity index (χ2v) is 4.75. The second-order valence-electron chi connectivity index (χ2n) is 4.75. The number of aromatic nitrogens is 3. The van der Waals surface area contributed by atoms with Crippen molar-refractivity contribution in [1.82, 2.24) is 15.1 Å². The quantitative estimate of drug-likeness (QED) is 0.765. The van der Waals surface area contributed by atoms with Crippen LogP contribution in [0.5, 0.6) is 17.2 Å². The average molecular weight is 329 g/mol. The highest BCUT2D eigenvalue weighted by atomic mass is 16.5. The molecule has 3 rings (SSSR count). The highest BCUT2D eigenvalue weighted by Crippen LogP contribution is 2.40. The van der Waals surface area contributed by atoms with Gasteiger partial charge in [0.05, 0.1) is 26.9 Å². The summed E-state index contributed by atoms with van der Waals surface area (Å²) >= 11 is 0. The summed E-state index contributed by atoms with van der Waals surface area (Å²) in [6, 6.07) is 6.68. The molecular weight excluding hydrogens is 314 g/mol. The Balaban J connectivity index is 2.08. The molecule has 0 amide bonds. The lowest BCUT2D eigenvalue weighted by Crippen LogP contribution is -2.07. The van der Waals surface area contributed by atoms with Crippen molar-refractivity contribution in [3.63, 3.8) is 0 Å². The molecule has 1 aromatic carbocycles. The summed E-state index contributed by atoms with van der Waals surface area (Å²) in [5, 5.41) is 3.86. The molecule has 8 heteroatoms. The van der Waals surface area contributed by atoms with E-state index in [0.29, 0.717) is 28.4 Å². The number of benzene rings is 1. The highest BCUT2D eigenvalue weighted by molar-refractivity contribution is 5.67. The summed E-state index contributed by atoms with van der Waals surface area (Å²) in [6.07, 6.45) is 1.53. The van der Waals surface area contributed by atoms with Gasteiger partial charge < -0.3 is 23.7 Å². The molecule has 0 fully saturated rings. The van der Waals surface area contributed by atoms with Gasteiger partial charge in [-0.1, -0.05) is 5.16 Å². The largest absolute Gasteiger partial charge is 0.493 e. The lowest BCUT2D eigenvalue weighted by molar-refractivity contribution is 0.324. The van der Waals surface area contributed by atoms with Crippen LogP contribution in [-0.4, -0.2) is 36.5 Å². The number of rotatable bonds is 5. The maximum atomic E-state index is 11.8. The molecule has 0 bridgehead atoms. The monoisotopic (exact) mass is 329 g/mol. The zero-order chi connectivity index (χ0) is 17.1. The van der Waals surface area contributed by atoms with Crippen molar-refractivity contribution in [2.75, 3.05) is 21.3 Å². The molecule has 0 unspecified atom stereocenters. The van der Waals surface area contributed by atoms with E-state index in [2.05, 4.69) is 15.1 Å². The number of aromatic amines is 1. The predicted octanol–water partition coefficient (Wildman–Crippen LogP) is 2.12. The van der Waals surface area contributed by atoms with Crippen molar-refractivity contribution in [1.29, 1.82) is 0 Å². The van der Waals surface area contributed by atoms with Gasteiger partial charge in [-0.05, 0) is 24.3 Å². The molecule has 124 valence electrons. The van der Waals surface area contributed by atoms with Crippen LogP contribution in [0.4, 0.5) is 0 Å². The molecule has 0 radical (unpaired) electrons. The van der Waals surface area contributed by atoms with Crippen LogP contribution in [-0.2, 0) is 0 Å². The minimum Gasteiger partial charge on any atom is -0.493 e. The van der Waals surface area contributed by atoms with Crippen molar-refractivity contribution in [3.8, 4) is 40.1 Å². The first-order valence-electron chi connectivity index (χ1n) is 7.00. The van der Waals surface area contributed by atoms with Gasteiger partial charge in [-0.15, -0.1) is 0 Å². The third-order valence-electron chi connectivity index (χ3n) is 3.40. The van der Waals surface area contributed by atoms with E-state index in [1.54, 1.807) is 24.3 Å². The third-order valence-corrected chi connectivity index (χ3v) is 3.40. The number of pyridine rings is 1. The Kier molecular flexibility index (Phi) is 4.19. The minimum atomic E-state index is -0.297. The average Bonchev–Trinajstić information content (AvgIpc) is 3.10. The van der Waals surface area contributed by atoms with Gasteiger partial charge in [0, 0.05) is 11.8 Å². The molecule has 3 aromatic rings. The molecule has 0 aliphatic carbocycles. The number of nitrogens with one attached hydrogen (secondary N) is 1. The van der Waals surface area contributed by atoms with Gasteiger partial charge in [0.25, 0.3) is 11.4 Å². The van der Waals surface area contributed by atoms with Crippen LogP contribution in [0, 0.1) is 0 Å². The summed E-state index contributed by atoms with van der Waals surface area (Å²) in [5.41, 5.74) is 0.602. The van der Waals surface area contributed by atoms with Crippen LogP contribution in [0.1, 0.15) is 0 Å². The first kappa shape index (κ1) is 15.6. The standard InChI is InChI=1S/C16H15N3O5/c1-21-11-7-9(8-12(22-2)13(11)23-3)16-18-14(19-24-16)10-5-4-6-17-15(10)20/h4-8H,1-3H3,(H,17,20). The lowest BCUT2D eigenvalue weighted by Gasteiger charge is -2.12. The molecule has 24 heavy (non-hydrogen) atoms. The molecule has 2 aromatic heterocycles. The highest BCUT2D eigenvalue weighted by Gasteiger charge is 2.18. The molecule has 0 atom stereocenters. The fourth-order valence-electron chi connectivity index (χ4n) is 2.25. The first-order valence-corrected chi connectivity index (χ1v) is 7.00. The van der Waals surface area contributed by atoms with E-state index in [0.717, 1.165) is 0 Å². The Labute approximate surface area is 137 Å². The Morgan fingerprint density at radius 2 is 1.79 bits per heavy atom. The molecule has 0 saturated heterocycles. The summed E-state index contributed by atoms with van der Waals surface area (Å²) in [7, 11) is 4.56. The van der Waals surface area contributed by atoms with E-state index in [-0.39, 0.29) is 17.3 Å². The summed E-state index contributed by atoms with van der Waals surface area (Å²) in [5.74, 6) is 1.81. The zero-order valence-electron chi connectivity index (χ0n) is 13.3. The molecule has 0 spiro atoms. The van der Waals surface area contributed by atoms with Crippen LogP contribution in [0.25, 0.3) is 22.8 Å². The number of H-pyrrole nitrogens is 1. The Hall–Kier alpha value is -3.29. The van der Waals surface area contributed by atoms with Crippen LogP contribution < -0.4 is 19.8 Å². The fourth-order valence-corrected chi connectivity index (χ4v) is 2.25. The number of nitrogens with zero attached hydrogens (tertiary/aromatic N) is 2. The van der Waals surface area contributed by atoms with E-state index in [1.807, 2.05) is 0 Å². The second kappa shape index (κ2) is 6.45. The summed E-state index contributed by atoms with van der Waals surface area (Å²) in [6.45, 7) is 0. The Morgan fingerprint density at radius 1 is 1.08 bits per heavy atom. The van der Waals surface area contributed by atoms with Crippen molar-refractivity contribution >= 4 is 0 Å². The molecule has 0 aliphatic heterocycles. The Morgan fingerprint density at radius 3 is 2.38 bits per heavy atom. The van der Waals surface area contributed by atoms with Crippen molar-refractivity contribution in [2.24, 2.45) is 0 Å². The molecule has 2 heterocycles. The van der Waals surface area contributed by atoms with Crippen molar-refractivity contribution in [3.05, 3.63) is 40.8 Å². The van der Waals surface area contributed by atoms with Gasteiger partial charge in [-0.2, -0.15) is 4.98 Å². The summed E-state index contributed by atoms with van der Waals surface area (Å²) < 4.78 is 21.1. The molecular formula is C16H15N3O5. The van der Waals surface area contributed by atoms with Gasteiger partial charge in [0.2, 0.25) is 11.6 Å². The lowest BCUT2D eigenvalue weighted by atomic mass is 10.1. The van der Waals surface area contributed by atoms with Crippen LogP contribution in [0.3, 0.4) is 0 Å². The van der Waals surface area contributed by atoms with E-state index in [4.69, 9.17) is 18.7 Å². The predicted molar refractivity (Wildman–Crippen MR) is 85.4 cm³/mol. The van der Waals surface area contributed by atoms with E-state index in [9.17, 15) is 4.79 Å². The maximum absolute atomic E-state index is 11.8. The normalized spacial score (nSPS) is 10.5. The van der Waals surface area contributed by atoms with E-state index >= 15 is 0 Å². The maximum Gasteiger partial charge on any atom is 0.259 e. The van der Waals surface area contributed by atoms with Gasteiger partial charge in [0.15, 0.2) is 11.5 Å². The summed E-state index contributed by atoms with van der Waals surface area (Å²) in [4.78, 5) is 18.6. The van der Waals surface area contributed by atoms with Crippen molar-refractivity contribution in [2.45, 2.75) is 0 Å². The first-order chi connectivity index (χ1) is 11.7. The molecule has 0 aliphatic rings. The molecule has 8 nitrogen and oxygen atoms in total. The fraction of sp³-hybridized carbons (Fsp3) is 0.188. The van der Waals surface area contributed by atoms with Gasteiger partial charge in [-0.25, -0.2) is 0 Å². The van der Waals surface area contributed by atoms with Crippen LogP contribution in [0.15, 0.2) is 39.8 Å². The van der Waals surface area contributed by atoms with Gasteiger partial charge >= 0.3 is 0 Å². The number of methoxy groups -OCH3 is 3. The van der Waals surface area contributed by atoms with Crippen LogP contribution in [0.2, 0.25) is 0 Å². The number of hydrogen-bond acceptors (Lipinski definition) is 7. The number of hydrogen-bond donors (Lipinski definition) is 1. The zero-order valence-corrected chi connectivity index (χ0v) is 13.3. The van der Waals surface area contributed by atoms with Crippen molar-refractivity contribution < 1.29 is 18.7 Å². The molecule has 0 saturated carbocycles. The van der Waals surface area contributed by atoms with Crippen LogP contribution >= 0.6 is 0 Å².